The molecule has 3 N–H and O–H groups in total. The van der Waals surface area contributed by atoms with Gasteiger partial charge in [0.05, 0.1) is 17.5 Å². The number of nitrogens with one attached hydrogen (secondary N) is 3. The Morgan fingerprint density at radius 2 is 1.65 bits per heavy atom. The van der Waals surface area contributed by atoms with Gasteiger partial charge in [0, 0.05) is 34.4 Å². The van der Waals surface area contributed by atoms with Gasteiger partial charge in [0.25, 0.3) is 0 Å². The summed E-state index contributed by atoms with van der Waals surface area (Å²) in [5.74, 6) is -2.40. The van der Waals surface area contributed by atoms with Crippen LogP contribution in [0.2, 0.25) is 0 Å². The Bertz CT molecular complexity index is 1620. The molecule has 7 rings (SSSR count). The molecular weight excluding hydrogens is 464 g/mol. The maximum absolute atomic E-state index is 14.1. The van der Waals surface area contributed by atoms with Gasteiger partial charge in [-0.25, -0.2) is 4.90 Å². The lowest BCUT2D eigenvalue weighted by molar-refractivity contribution is -0.130. The summed E-state index contributed by atoms with van der Waals surface area (Å²) in [5.41, 5.74) is 4.78. The summed E-state index contributed by atoms with van der Waals surface area (Å²) in [6.45, 7) is 3.97. The van der Waals surface area contributed by atoms with Crippen molar-refractivity contribution in [2.75, 3.05) is 10.2 Å². The predicted molar refractivity (Wildman–Crippen MR) is 141 cm³/mol. The largest absolute Gasteiger partial charge is 0.361 e. The molecule has 4 heterocycles. The molecule has 3 aromatic carbocycles. The van der Waals surface area contributed by atoms with Crippen LogP contribution in [-0.2, 0) is 26.3 Å². The van der Waals surface area contributed by atoms with Gasteiger partial charge in [-0.1, -0.05) is 48.5 Å². The van der Waals surface area contributed by atoms with Gasteiger partial charge in [0.15, 0.2) is 0 Å². The van der Waals surface area contributed by atoms with Gasteiger partial charge in [-0.05, 0) is 55.2 Å². The molecule has 3 aliphatic rings. The van der Waals surface area contributed by atoms with E-state index in [2.05, 4.69) is 15.6 Å². The number of carbonyl (C=O) groups excluding carboxylic acids is 3. The number of benzene rings is 3. The third-order valence-corrected chi connectivity index (χ3v) is 8.55. The Balaban J connectivity index is 1.40. The third-order valence-electron chi connectivity index (χ3n) is 8.55. The molecule has 4 atom stereocenters. The molecule has 37 heavy (non-hydrogen) atoms. The van der Waals surface area contributed by atoms with Crippen LogP contribution in [0.25, 0.3) is 10.9 Å². The number of rotatable bonds is 3. The minimum absolute atomic E-state index is 0.263. The van der Waals surface area contributed by atoms with Crippen LogP contribution in [0.15, 0.2) is 72.9 Å². The van der Waals surface area contributed by atoms with Crippen molar-refractivity contribution in [1.29, 1.82) is 0 Å². The zero-order valence-corrected chi connectivity index (χ0v) is 20.5. The molecule has 3 amide bonds. The molecule has 2 saturated heterocycles. The van der Waals surface area contributed by atoms with E-state index in [1.54, 1.807) is 12.1 Å². The van der Waals surface area contributed by atoms with Crippen molar-refractivity contribution in [2.24, 2.45) is 11.8 Å². The number of aromatic nitrogens is 1. The summed E-state index contributed by atoms with van der Waals surface area (Å²) in [6.07, 6.45) is 2.46. The predicted octanol–water partition coefficient (Wildman–Crippen LogP) is 3.95. The minimum atomic E-state index is -1.31. The molecule has 2 fully saturated rings. The highest BCUT2D eigenvalue weighted by Crippen LogP contribution is 2.54. The smallest absolute Gasteiger partial charge is 0.250 e. The molecule has 7 heteroatoms. The molecule has 7 nitrogen and oxygen atoms in total. The number of imide groups is 1. The number of carbonyl (C=O) groups is 3. The summed E-state index contributed by atoms with van der Waals surface area (Å²) in [5, 5.41) is 7.69. The molecular formula is C30H26N4O3. The quantitative estimate of drug-likeness (QED) is 0.379. The Kier molecular flexibility index (Phi) is 4.54. The number of hydrogen-bond acceptors (Lipinski definition) is 4. The fourth-order valence-electron chi connectivity index (χ4n) is 6.66. The van der Waals surface area contributed by atoms with E-state index >= 15 is 0 Å². The average molecular weight is 491 g/mol. The molecule has 0 aliphatic carbocycles. The maximum atomic E-state index is 14.1. The van der Waals surface area contributed by atoms with Crippen molar-refractivity contribution in [3.8, 4) is 0 Å². The lowest BCUT2D eigenvalue weighted by atomic mass is 9.75. The van der Waals surface area contributed by atoms with Crippen LogP contribution < -0.4 is 15.5 Å². The highest BCUT2D eigenvalue weighted by Gasteiger charge is 2.70. The molecule has 4 unspecified atom stereocenters. The van der Waals surface area contributed by atoms with Crippen molar-refractivity contribution in [2.45, 2.75) is 31.8 Å². The Hall–Kier alpha value is -4.23. The summed E-state index contributed by atoms with van der Waals surface area (Å²) in [7, 11) is 0. The van der Waals surface area contributed by atoms with E-state index in [4.69, 9.17) is 0 Å². The van der Waals surface area contributed by atoms with E-state index in [1.807, 2.05) is 74.6 Å². The molecule has 1 spiro atoms. The molecule has 0 radical (unpaired) electrons. The Labute approximate surface area is 213 Å². The Morgan fingerprint density at radius 3 is 2.46 bits per heavy atom. The fourth-order valence-corrected chi connectivity index (χ4v) is 6.66. The molecule has 184 valence electrons. The molecule has 1 aromatic heterocycles. The second-order valence-corrected chi connectivity index (χ2v) is 10.4. The summed E-state index contributed by atoms with van der Waals surface area (Å²) in [4.78, 5) is 46.6. The van der Waals surface area contributed by atoms with Crippen molar-refractivity contribution in [3.05, 3.63) is 95.2 Å². The summed E-state index contributed by atoms with van der Waals surface area (Å²) < 4.78 is 0. The number of hydrogen-bond donors (Lipinski definition) is 3. The number of nitrogens with zero attached hydrogens (tertiary/aromatic N) is 1. The van der Waals surface area contributed by atoms with Crippen molar-refractivity contribution >= 4 is 40.0 Å². The number of para-hydroxylation sites is 2. The second kappa shape index (κ2) is 7.63. The standard InChI is InChI=1S/C30H26N4O3/c1-16-12-13-21-26(17(16)2)32-29(37)30(21)25-24(27(35)34(28(25)36)19-8-4-3-5-9-19)23(33-30)14-18-15-31-22-11-7-6-10-20(18)22/h3-13,15,23-25,31,33H,14H2,1-2H3,(H,32,37). The second-order valence-electron chi connectivity index (χ2n) is 10.4. The van der Waals surface area contributed by atoms with Crippen molar-refractivity contribution < 1.29 is 14.4 Å². The lowest BCUT2D eigenvalue weighted by Crippen LogP contribution is -2.53. The number of aromatic amines is 1. The van der Waals surface area contributed by atoms with Crippen molar-refractivity contribution in [3.63, 3.8) is 0 Å². The Morgan fingerprint density at radius 1 is 0.892 bits per heavy atom. The highest BCUT2D eigenvalue weighted by atomic mass is 16.2. The van der Waals surface area contributed by atoms with Gasteiger partial charge in [0.2, 0.25) is 17.7 Å². The third kappa shape index (κ3) is 2.83. The summed E-state index contributed by atoms with van der Waals surface area (Å²) >= 11 is 0. The number of anilines is 2. The maximum Gasteiger partial charge on any atom is 0.250 e. The van der Waals surface area contributed by atoms with Gasteiger partial charge in [0.1, 0.15) is 5.54 Å². The highest BCUT2D eigenvalue weighted by molar-refractivity contribution is 6.26. The van der Waals surface area contributed by atoms with E-state index in [1.165, 1.54) is 4.90 Å². The van der Waals surface area contributed by atoms with E-state index in [-0.39, 0.29) is 17.7 Å². The lowest BCUT2D eigenvalue weighted by Gasteiger charge is -2.29. The van der Waals surface area contributed by atoms with Crippen LogP contribution in [0, 0.1) is 25.7 Å². The minimum Gasteiger partial charge on any atom is -0.361 e. The SMILES string of the molecule is Cc1ccc2c(c1C)NC(=O)C21NC(Cc2c[nH]c3ccccc23)C2C(=O)N(c3ccccc3)C(=O)C21. The van der Waals surface area contributed by atoms with Crippen molar-refractivity contribution in [1.82, 2.24) is 10.3 Å². The number of H-pyrrole nitrogens is 1. The van der Waals surface area contributed by atoms with Crippen LogP contribution >= 0.6 is 0 Å². The first-order chi connectivity index (χ1) is 17.9. The molecule has 0 saturated carbocycles. The fraction of sp³-hybridized carbons (Fsp3) is 0.233. The van der Waals surface area contributed by atoms with E-state index in [0.29, 0.717) is 12.1 Å². The van der Waals surface area contributed by atoms with Crippen LogP contribution in [0.4, 0.5) is 11.4 Å². The zero-order chi connectivity index (χ0) is 25.5. The number of fused-ring (bicyclic) bond motifs is 5. The first-order valence-corrected chi connectivity index (χ1v) is 12.6. The first kappa shape index (κ1) is 22.0. The summed E-state index contributed by atoms with van der Waals surface area (Å²) in [6, 6.07) is 20.5. The number of amides is 3. The molecule has 0 bridgehead atoms. The van der Waals surface area contributed by atoms with Gasteiger partial charge in [-0.3, -0.25) is 19.7 Å². The van der Waals surface area contributed by atoms with Gasteiger partial charge in [-0.2, -0.15) is 0 Å². The van der Waals surface area contributed by atoms with E-state index in [0.717, 1.165) is 38.8 Å². The number of aryl methyl sites for hydroxylation is 1. The van der Waals surface area contributed by atoms with Gasteiger partial charge in [-0.15, -0.1) is 0 Å². The first-order valence-electron chi connectivity index (χ1n) is 12.6. The van der Waals surface area contributed by atoms with Gasteiger partial charge >= 0.3 is 0 Å². The monoisotopic (exact) mass is 490 g/mol. The van der Waals surface area contributed by atoms with E-state index in [9.17, 15) is 14.4 Å². The molecule has 3 aliphatic heterocycles. The van der Waals surface area contributed by atoms with E-state index < -0.39 is 23.4 Å². The average Bonchev–Trinajstić information content (AvgIpc) is 3.61. The van der Waals surface area contributed by atoms with Crippen LogP contribution in [0.1, 0.15) is 22.3 Å². The van der Waals surface area contributed by atoms with Crippen LogP contribution in [-0.4, -0.2) is 28.7 Å². The van der Waals surface area contributed by atoms with Crippen LogP contribution in [0.5, 0.6) is 0 Å². The normalized spacial score (nSPS) is 26.3. The van der Waals surface area contributed by atoms with Crippen LogP contribution in [0.3, 0.4) is 0 Å². The zero-order valence-electron chi connectivity index (χ0n) is 20.5. The molecule has 4 aromatic rings. The van der Waals surface area contributed by atoms with Gasteiger partial charge < -0.3 is 10.3 Å². The topological polar surface area (TPSA) is 94.3 Å².